The Kier molecular flexibility index (Phi) is 3.76. The Morgan fingerprint density at radius 3 is 2.82 bits per heavy atom. The Morgan fingerprint density at radius 1 is 1.53 bits per heavy atom. The van der Waals surface area contributed by atoms with Crippen LogP contribution in [0.1, 0.15) is 24.7 Å². The van der Waals surface area contributed by atoms with E-state index in [4.69, 9.17) is 21.8 Å². The van der Waals surface area contributed by atoms with E-state index in [1.165, 1.54) is 6.07 Å². The van der Waals surface area contributed by atoms with E-state index in [0.717, 1.165) is 18.4 Å². The fraction of sp³-hybridized carbons (Fsp3) is 0.333. The minimum absolute atomic E-state index is 0.0890. The predicted octanol–water partition coefficient (Wildman–Crippen LogP) is 4.40. The summed E-state index contributed by atoms with van der Waals surface area (Å²) in [5, 5.41) is 0.540. The molecule has 0 saturated heterocycles. The zero-order valence-corrected chi connectivity index (χ0v) is 11.7. The van der Waals surface area contributed by atoms with Crippen LogP contribution in [-0.4, -0.2) is 0 Å². The molecule has 0 spiro atoms. The van der Waals surface area contributed by atoms with Crippen LogP contribution in [0.2, 0.25) is 5.02 Å². The first-order chi connectivity index (χ1) is 8.10. The maximum absolute atomic E-state index is 14.1. The summed E-state index contributed by atoms with van der Waals surface area (Å²) in [6, 6.07) is 1.50. The van der Waals surface area contributed by atoms with Crippen LogP contribution in [-0.2, 0) is 13.0 Å². The quantitative estimate of drug-likeness (QED) is 0.851. The van der Waals surface area contributed by atoms with Gasteiger partial charge in [-0.2, -0.15) is 0 Å². The summed E-state index contributed by atoms with van der Waals surface area (Å²) >= 11 is 9.16. The van der Waals surface area contributed by atoms with E-state index in [-0.39, 0.29) is 11.6 Å². The molecule has 0 radical (unpaired) electrons. The van der Waals surface area contributed by atoms with Crippen molar-refractivity contribution >= 4 is 38.5 Å². The first-order valence-electron chi connectivity index (χ1n) is 5.38. The predicted molar refractivity (Wildman–Crippen MR) is 70.8 cm³/mol. The normalized spacial score (nSPS) is 11.4. The highest BCUT2D eigenvalue weighted by molar-refractivity contribution is 9.10. The number of hydrogen-bond acceptors (Lipinski definition) is 2. The molecule has 0 fully saturated rings. The second kappa shape index (κ2) is 4.96. The Labute approximate surface area is 112 Å². The molecular formula is C12H12BrClFNO. The summed E-state index contributed by atoms with van der Waals surface area (Å²) in [7, 11) is 0. The third kappa shape index (κ3) is 2.09. The first-order valence-corrected chi connectivity index (χ1v) is 6.55. The highest BCUT2D eigenvalue weighted by Crippen LogP contribution is 2.37. The van der Waals surface area contributed by atoms with Gasteiger partial charge in [0.25, 0.3) is 0 Å². The Bertz CT molecular complexity index is 567. The van der Waals surface area contributed by atoms with E-state index >= 15 is 0 Å². The van der Waals surface area contributed by atoms with Crippen molar-refractivity contribution in [2.24, 2.45) is 5.73 Å². The molecule has 0 aliphatic carbocycles. The second-order valence-corrected chi connectivity index (χ2v) is 5.08. The summed E-state index contributed by atoms with van der Waals surface area (Å²) in [5.74, 6) is 0.195. The summed E-state index contributed by atoms with van der Waals surface area (Å²) in [6.07, 6.45) is 1.62. The number of rotatable bonds is 3. The highest BCUT2D eigenvalue weighted by atomic mass is 79.9. The number of nitrogens with two attached hydrogens (primary N) is 1. The Hall–Kier alpha value is -0.580. The monoisotopic (exact) mass is 319 g/mol. The third-order valence-electron chi connectivity index (χ3n) is 2.68. The smallest absolute Gasteiger partial charge is 0.153 e. The summed E-state index contributed by atoms with van der Waals surface area (Å²) in [6.45, 7) is 2.28. The number of benzene rings is 1. The van der Waals surface area contributed by atoms with E-state index in [1.54, 1.807) is 0 Å². The van der Waals surface area contributed by atoms with E-state index in [2.05, 4.69) is 15.9 Å². The van der Waals surface area contributed by atoms with Crippen LogP contribution in [0.3, 0.4) is 0 Å². The van der Waals surface area contributed by atoms with Crippen LogP contribution in [0.15, 0.2) is 15.0 Å². The average Bonchev–Trinajstić information content (AvgIpc) is 2.66. The fourth-order valence-corrected chi connectivity index (χ4v) is 2.79. The lowest BCUT2D eigenvalue weighted by atomic mass is 10.1. The van der Waals surface area contributed by atoms with Crippen LogP contribution in [0.5, 0.6) is 0 Å². The number of halogens is 3. The van der Waals surface area contributed by atoms with Crippen molar-refractivity contribution in [3.8, 4) is 0 Å². The molecular weight excluding hydrogens is 308 g/mol. The number of fused-ring (bicyclic) bond motifs is 1. The zero-order chi connectivity index (χ0) is 12.6. The van der Waals surface area contributed by atoms with Crippen LogP contribution >= 0.6 is 27.5 Å². The molecule has 5 heteroatoms. The lowest BCUT2D eigenvalue weighted by Gasteiger charge is -2.01. The van der Waals surface area contributed by atoms with Gasteiger partial charge in [0.2, 0.25) is 0 Å². The molecule has 2 N–H and O–H groups in total. The molecule has 0 aliphatic rings. The maximum atomic E-state index is 14.1. The van der Waals surface area contributed by atoms with Crippen molar-refractivity contribution in [1.29, 1.82) is 0 Å². The van der Waals surface area contributed by atoms with Crippen molar-refractivity contribution in [3.63, 3.8) is 0 Å². The second-order valence-electron chi connectivity index (χ2n) is 3.82. The fourth-order valence-electron chi connectivity index (χ4n) is 1.95. The van der Waals surface area contributed by atoms with E-state index < -0.39 is 5.82 Å². The largest absolute Gasteiger partial charge is 0.458 e. The van der Waals surface area contributed by atoms with Crippen LogP contribution < -0.4 is 5.73 Å². The SMILES string of the molecule is CCCc1c(CN)oc2c(Br)cc(Cl)c(F)c12. The van der Waals surface area contributed by atoms with Crippen molar-refractivity contribution in [1.82, 2.24) is 0 Å². The molecule has 2 rings (SSSR count). The molecule has 92 valence electrons. The van der Waals surface area contributed by atoms with Crippen LogP contribution in [0.4, 0.5) is 4.39 Å². The molecule has 2 nitrogen and oxygen atoms in total. The molecule has 2 aromatic rings. The van der Waals surface area contributed by atoms with Gasteiger partial charge in [-0.05, 0) is 28.4 Å². The standard InChI is InChI=1S/C12H12BrClFNO/c1-2-3-6-9(5-16)17-12-7(13)4-8(14)11(15)10(6)12/h4H,2-3,5,16H2,1H3. The van der Waals surface area contributed by atoms with E-state index in [9.17, 15) is 4.39 Å². The Balaban J connectivity index is 2.84. The van der Waals surface area contributed by atoms with Gasteiger partial charge in [-0.15, -0.1) is 0 Å². The van der Waals surface area contributed by atoms with Gasteiger partial charge in [-0.3, -0.25) is 0 Å². The molecule has 0 saturated carbocycles. The van der Waals surface area contributed by atoms with Crippen molar-refractivity contribution in [2.75, 3.05) is 0 Å². The van der Waals surface area contributed by atoms with Crippen LogP contribution in [0.25, 0.3) is 11.0 Å². The van der Waals surface area contributed by atoms with Crippen molar-refractivity contribution in [2.45, 2.75) is 26.3 Å². The summed E-state index contributed by atoms with van der Waals surface area (Å²) in [4.78, 5) is 0. The van der Waals surface area contributed by atoms with Crippen molar-refractivity contribution in [3.05, 3.63) is 32.7 Å². The minimum atomic E-state index is -0.434. The van der Waals surface area contributed by atoms with Gasteiger partial charge in [0.05, 0.1) is 21.4 Å². The van der Waals surface area contributed by atoms with E-state index in [1.807, 2.05) is 6.92 Å². The molecule has 17 heavy (non-hydrogen) atoms. The van der Waals surface area contributed by atoms with Gasteiger partial charge in [0, 0.05) is 5.56 Å². The maximum Gasteiger partial charge on any atom is 0.153 e. The molecule has 1 aromatic carbocycles. The minimum Gasteiger partial charge on any atom is -0.458 e. The van der Waals surface area contributed by atoms with Gasteiger partial charge in [-0.25, -0.2) is 4.39 Å². The average molecular weight is 321 g/mol. The van der Waals surface area contributed by atoms with Gasteiger partial charge in [-0.1, -0.05) is 24.9 Å². The topological polar surface area (TPSA) is 39.2 Å². The number of furan rings is 1. The summed E-state index contributed by atoms with van der Waals surface area (Å²) < 4.78 is 20.3. The highest BCUT2D eigenvalue weighted by Gasteiger charge is 2.20. The summed E-state index contributed by atoms with van der Waals surface area (Å²) in [5.41, 5.74) is 6.93. The lowest BCUT2D eigenvalue weighted by molar-refractivity contribution is 0.543. The van der Waals surface area contributed by atoms with Gasteiger partial charge in [0.15, 0.2) is 11.4 Å². The van der Waals surface area contributed by atoms with Gasteiger partial charge >= 0.3 is 0 Å². The molecule has 1 heterocycles. The molecule has 0 amide bonds. The molecule has 0 bridgehead atoms. The number of aryl methyl sites for hydroxylation is 1. The van der Waals surface area contributed by atoms with Crippen molar-refractivity contribution < 1.29 is 8.81 Å². The Morgan fingerprint density at radius 2 is 2.24 bits per heavy atom. The van der Waals surface area contributed by atoms with E-state index in [0.29, 0.717) is 21.2 Å². The molecule has 1 aromatic heterocycles. The number of hydrogen-bond donors (Lipinski definition) is 1. The lowest BCUT2D eigenvalue weighted by Crippen LogP contribution is -1.98. The third-order valence-corrected chi connectivity index (χ3v) is 3.54. The van der Waals surface area contributed by atoms with Gasteiger partial charge in [0.1, 0.15) is 5.76 Å². The zero-order valence-electron chi connectivity index (χ0n) is 9.32. The van der Waals surface area contributed by atoms with Gasteiger partial charge < -0.3 is 10.2 Å². The molecule has 0 unspecified atom stereocenters. The van der Waals surface area contributed by atoms with Crippen LogP contribution in [0, 0.1) is 5.82 Å². The first kappa shape index (κ1) is 12.9. The molecule has 0 aliphatic heterocycles. The molecule has 0 atom stereocenters.